The summed E-state index contributed by atoms with van der Waals surface area (Å²) >= 11 is 3.37. The van der Waals surface area contributed by atoms with E-state index in [0.717, 1.165) is 27.4 Å². The van der Waals surface area contributed by atoms with Gasteiger partial charge in [-0.1, -0.05) is 15.9 Å². The molecular weight excluding hydrogens is 260 g/mol. The summed E-state index contributed by atoms with van der Waals surface area (Å²) < 4.78 is 2.38. The van der Waals surface area contributed by atoms with Crippen molar-refractivity contribution < 1.29 is 4.79 Å². The fourth-order valence-corrected chi connectivity index (χ4v) is 2.03. The smallest absolute Gasteiger partial charge is 0.306 e. The molecule has 0 unspecified atom stereocenters. The molecule has 78 valence electrons. The zero-order valence-corrected chi connectivity index (χ0v) is 9.67. The molecule has 0 radical (unpaired) electrons. The number of nitrogens with one attached hydrogen (secondary N) is 1. The lowest BCUT2D eigenvalue weighted by molar-refractivity contribution is -0.107. The Kier molecular flexibility index (Phi) is 2.48. The lowest BCUT2D eigenvalue weighted by atomic mass is 10.1. The van der Waals surface area contributed by atoms with Gasteiger partial charge in [-0.3, -0.25) is 4.57 Å². The third-order valence-corrected chi connectivity index (χ3v) is 3.11. The largest absolute Gasteiger partial charge is 0.326 e. The van der Waals surface area contributed by atoms with Gasteiger partial charge >= 0.3 is 5.69 Å². The van der Waals surface area contributed by atoms with Crippen molar-refractivity contribution in [3.8, 4) is 0 Å². The number of hydrogen-bond donors (Lipinski definition) is 1. The van der Waals surface area contributed by atoms with E-state index in [-0.39, 0.29) is 5.69 Å². The second-order valence-electron chi connectivity index (χ2n) is 3.32. The van der Waals surface area contributed by atoms with Crippen LogP contribution in [0.5, 0.6) is 0 Å². The molecule has 0 spiro atoms. The third kappa shape index (κ3) is 1.63. The highest BCUT2D eigenvalue weighted by Crippen LogP contribution is 2.22. The summed E-state index contributed by atoms with van der Waals surface area (Å²) in [5.74, 6) is 0. The van der Waals surface area contributed by atoms with Gasteiger partial charge in [-0.25, -0.2) is 4.79 Å². The molecule has 4 nitrogen and oxygen atoms in total. The van der Waals surface area contributed by atoms with Gasteiger partial charge in [0.15, 0.2) is 0 Å². The molecule has 2 aromatic rings. The highest BCUT2D eigenvalue weighted by atomic mass is 79.9. The third-order valence-electron chi connectivity index (χ3n) is 2.38. The number of aryl methyl sites for hydroxylation is 1. The Hall–Kier alpha value is -1.36. The van der Waals surface area contributed by atoms with Crippen molar-refractivity contribution in [2.24, 2.45) is 7.05 Å². The molecule has 0 fully saturated rings. The highest BCUT2D eigenvalue weighted by molar-refractivity contribution is 9.10. The average molecular weight is 269 g/mol. The van der Waals surface area contributed by atoms with Crippen molar-refractivity contribution in [1.29, 1.82) is 0 Å². The number of aromatic amines is 1. The van der Waals surface area contributed by atoms with Gasteiger partial charge in [0.1, 0.15) is 6.29 Å². The number of hydrogen-bond acceptors (Lipinski definition) is 2. The Bertz CT molecular complexity index is 583. The molecule has 0 aliphatic carbocycles. The number of rotatable bonds is 2. The molecule has 0 saturated carbocycles. The molecule has 0 aliphatic heterocycles. The molecule has 1 aromatic heterocycles. The highest BCUT2D eigenvalue weighted by Gasteiger charge is 2.07. The van der Waals surface area contributed by atoms with E-state index in [2.05, 4.69) is 20.9 Å². The van der Waals surface area contributed by atoms with E-state index >= 15 is 0 Å². The van der Waals surface area contributed by atoms with E-state index in [1.165, 1.54) is 4.57 Å². The van der Waals surface area contributed by atoms with Gasteiger partial charge in [0, 0.05) is 17.9 Å². The van der Waals surface area contributed by atoms with Crippen LogP contribution in [-0.2, 0) is 18.3 Å². The number of imidazole rings is 1. The number of fused-ring (bicyclic) bond motifs is 1. The van der Waals surface area contributed by atoms with Gasteiger partial charge in [-0.2, -0.15) is 0 Å². The SMILES string of the molecule is Cn1c(=O)[nH]c2cc(CC=O)c(Br)cc21. The number of aromatic nitrogens is 2. The normalized spacial score (nSPS) is 10.8. The maximum absolute atomic E-state index is 11.3. The van der Waals surface area contributed by atoms with Crippen LogP contribution in [0.4, 0.5) is 0 Å². The Balaban J connectivity index is 2.75. The number of benzene rings is 1. The van der Waals surface area contributed by atoms with Crippen molar-refractivity contribution in [2.75, 3.05) is 0 Å². The summed E-state index contributed by atoms with van der Waals surface area (Å²) in [4.78, 5) is 24.5. The standard InChI is InChI=1S/C10H9BrN2O2/c1-13-9-5-7(11)6(2-3-14)4-8(9)12-10(13)15/h3-5H,2H2,1H3,(H,12,15). The summed E-state index contributed by atoms with van der Waals surface area (Å²) in [6.07, 6.45) is 1.18. The molecule has 0 amide bonds. The van der Waals surface area contributed by atoms with E-state index in [1.54, 1.807) is 7.05 Å². The van der Waals surface area contributed by atoms with Gasteiger partial charge in [-0.15, -0.1) is 0 Å². The average Bonchev–Trinajstić information content (AvgIpc) is 2.46. The van der Waals surface area contributed by atoms with Gasteiger partial charge in [0.2, 0.25) is 0 Å². The second kappa shape index (κ2) is 3.66. The van der Waals surface area contributed by atoms with Crippen LogP contribution in [0.2, 0.25) is 0 Å². The minimum atomic E-state index is -0.153. The molecule has 5 heteroatoms. The number of halogens is 1. The zero-order valence-electron chi connectivity index (χ0n) is 8.08. The van der Waals surface area contributed by atoms with Crippen LogP contribution < -0.4 is 5.69 Å². The van der Waals surface area contributed by atoms with E-state index < -0.39 is 0 Å². The van der Waals surface area contributed by atoms with E-state index in [0.29, 0.717) is 6.42 Å². The van der Waals surface area contributed by atoms with Crippen molar-refractivity contribution in [3.05, 3.63) is 32.7 Å². The molecule has 0 atom stereocenters. The molecule has 1 N–H and O–H groups in total. The Labute approximate surface area is 94.0 Å². The summed E-state index contributed by atoms with van der Waals surface area (Å²) in [6, 6.07) is 3.65. The second-order valence-corrected chi connectivity index (χ2v) is 4.18. The van der Waals surface area contributed by atoms with Gasteiger partial charge in [0.25, 0.3) is 0 Å². The molecule has 0 aliphatic rings. The number of nitrogens with zero attached hydrogens (tertiary/aromatic N) is 1. The lowest BCUT2D eigenvalue weighted by Gasteiger charge is -2.01. The van der Waals surface area contributed by atoms with E-state index in [9.17, 15) is 9.59 Å². The summed E-state index contributed by atoms with van der Waals surface area (Å²) in [7, 11) is 1.70. The Morgan fingerprint density at radius 3 is 2.93 bits per heavy atom. The summed E-state index contributed by atoms with van der Waals surface area (Å²) in [5.41, 5.74) is 2.29. The Morgan fingerprint density at radius 2 is 2.27 bits per heavy atom. The first-order valence-corrected chi connectivity index (χ1v) is 5.23. The van der Waals surface area contributed by atoms with Gasteiger partial charge in [-0.05, 0) is 17.7 Å². The molecule has 15 heavy (non-hydrogen) atoms. The monoisotopic (exact) mass is 268 g/mol. The minimum absolute atomic E-state index is 0.153. The first-order valence-electron chi connectivity index (χ1n) is 4.44. The molecule has 2 rings (SSSR count). The zero-order chi connectivity index (χ0) is 11.0. The van der Waals surface area contributed by atoms with Crippen LogP contribution in [-0.4, -0.2) is 15.8 Å². The van der Waals surface area contributed by atoms with Gasteiger partial charge in [0.05, 0.1) is 11.0 Å². The predicted molar refractivity (Wildman–Crippen MR) is 61.0 cm³/mol. The van der Waals surface area contributed by atoms with E-state index in [4.69, 9.17) is 0 Å². The van der Waals surface area contributed by atoms with Crippen LogP contribution in [0.15, 0.2) is 21.4 Å². The van der Waals surface area contributed by atoms with Crippen LogP contribution >= 0.6 is 15.9 Å². The predicted octanol–water partition coefficient (Wildman–Crippen LogP) is 1.37. The van der Waals surface area contributed by atoms with Gasteiger partial charge < -0.3 is 9.78 Å². The number of carbonyl (C=O) groups excluding carboxylic acids is 1. The maximum Gasteiger partial charge on any atom is 0.326 e. The van der Waals surface area contributed by atoms with Crippen molar-refractivity contribution in [3.63, 3.8) is 0 Å². The van der Waals surface area contributed by atoms with Crippen molar-refractivity contribution >= 4 is 33.2 Å². The fourth-order valence-electron chi connectivity index (χ4n) is 1.54. The van der Waals surface area contributed by atoms with Crippen LogP contribution in [0.1, 0.15) is 5.56 Å². The quantitative estimate of drug-likeness (QED) is 0.837. The van der Waals surface area contributed by atoms with Crippen LogP contribution in [0.3, 0.4) is 0 Å². The molecule has 1 aromatic carbocycles. The van der Waals surface area contributed by atoms with Crippen LogP contribution in [0.25, 0.3) is 11.0 Å². The molecular formula is C10H9BrN2O2. The van der Waals surface area contributed by atoms with Crippen molar-refractivity contribution in [1.82, 2.24) is 9.55 Å². The Morgan fingerprint density at radius 1 is 1.53 bits per heavy atom. The summed E-state index contributed by atoms with van der Waals surface area (Å²) in [6.45, 7) is 0. The maximum atomic E-state index is 11.3. The molecule has 1 heterocycles. The summed E-state index contributed by atoms with van der Waals surface area (Å²) in [5, 5.41) is 0. The minimum Gasteiger partial charge on any atom is -0.306 e. The topological polar surface area (TPSA) is 54.9 Å². The molecule has 0 bridgehead atoms. The number of H-pyrrole nitrogens is 1. The lowest BCUT2D eigenvalue weighted by Crippen LogP contribution is -2.11. The fraction of sp³-hybridized carbons (Fsp3) is 0.200. The first kappa shape index (κ1) is 10.2. The number of aldehydes is 1. The van der Waals surface area contributed by atoms with E-state index in [1.807, 2.05) is 12.1 Å². The van der Waals surface area contributed by atoms with Crippen molar-refractivity contribution in [2.45, 2.75) is 6.42 Å². The first-order chi connectivity index (χ1) is 7.13. The van der Waals surface area contributed by atoms with Crippen LogP contribution in [0, 0.1) is 0 Å². The molecule has 0 saturated heterocycles. The number of carbonyl (C=O) groups is 1.